The van der Waals surface area contributed by atoms with Crippen molar-refractivity contribution in [3.8, 4) is 0 Å². The molecule has 1 fully saturated rings. The molecule has 0 aliphatic carbocycles. The first-order valence-electron chi connectivity index (χ1n) is 4.81. The SMILES string of the molecule is COC(=O)N1CCCCC1CNC=O. The third-order valence-electron chi connectivity index (χ3n) is 2.47. The van der Waals surface area contributed by atoms with Crippen LogP contribution in [0.2, 0.25) is 0 Å². The van der Waals surface area contributed by atoms with E-state index in [1.54, 1.807) is 4.90 Å². The van der Waals surface area contributed by atoms with Crippen molar-refractivity contribution in [3.05, 3.63) is 0 Å². The Morgan fingerprint density at radius 3 is 3.07 bits per heavy atom. The molecule has 1 N–H and O–H groups in total. The number of carbonyl (C=O) groups excluding carboxylic acids is 2. The summed E-state index contributed by atoms with van der Waals surface area (Å²) < 4.78 is 4.67. The van der Waals surface area contributed by atoms with Gasteiger partial charge in [0, 0.05) is 13.1 Å². The first-order valence-corrected chi connectivity index (χ1v) is 4.81. The molecule has 0 spiro atoms. The summed E-state index contributed by atoms with van der Waals surface area (Å²) in [6.07, 6.45) is 3.38. The zero-order valence-electron chi connectivity index (χ0n) is 8.36. The number of rotatable bonds is 3. The molecular formula is C9H16N2O3. The number of nitrogens with zero attached hydrogens (tertiary/aromatic N) is 1. The van der Waals surface area contributed by atoms with E-state index in [9.17, 15) is 9.59 Å². The summed E-state index contributed by atoms with van der Waals surface area (Å²) in [6, 6.07) is 0.0846. The molecule has 80 valence electrons. The van der Waals surface area contributed by atoms with E-state index in [1.165, 1.54) is 7.11 Å². The number of methoxy groups -OCH3 is 1. The highest BCUT2D eigenvalue weighted by Gasteiger charge is 2.26. The lowest BCUT2D eigenvalue weighted by atomic mass is 10.0. The molecule has 1 rings (SSSR count). The Morgan fingerprint density at radius 1 is 1.64 bits per heavy atom. The van der Waals surface area contributed by atoms with Crippen molar-refractivity contribution >= 4 is 12.5 Å². The Kier molecular flexibility index (Phi) is 4.22. The van der Waals surface area contributed by atoms with Gasteiger partial charge in [-0.1, -0.05) is 0 Å². The second-order valence-corrected chi connectivity index (χ2v) is 3.34. The first-order chi connectivity index (χ1) is 6.79. The number of ether oxygens (including phenoxy) is 1. The molecule has 14 heavy (non-hydrogen) atoms. The highest BCUT2D eigenvalue weighted by Crippen LogP contribution is 2.16. The number of hydrogen-bond donors (Lipinski definition) is 1. The summed E-state index contributed by atoms with van der Waals surface area (Å²) in [5, 5.41) is 2.60. The molecular weight excluding hydrogens is 184 g/mol. The minimum absolute atomic E-state index is 0.0846. The van der Waals surface area contributed by atoms with Crippen LogP contribution in [0.15, 0.2) is 0 Å². The van der Waals surface area contributed by atoms with Crippen LogP contribution in [-0.4, -0.2) is 43.6 Å². The van der Waals surface area contributed by atoms with Crippen LogP contribution < -0.4 is 5.32 Å². The van der Waals surface area contributed by atoms with Crippen molar-refractivity contribution in [2.45, 2.75) is 25.3 Å². The zero-order chi connectivity index (χ0) is 10.4. The molecule has 0 radical (unpaired) electrons. The molecule has 1 saturated heterocycles. The summed E-state index contributed by atoms with van der Waals surface area (Å²) in [7, 11) is 1.38. The maximum Gasteiger partial charge on any atom is 0.409 e. The van der Waals surface area contributed by atoms with E-state index in [4.69, 9.17) is 0 Å². The van der Waals surface area contributed by atoms with Crippen LogP contribution in [0.5, 0.6) is 0 Å². The molecule has 0 bridgehead atoms. The van der Waals surface area contributed by atoms with Crippen LogP contribution in [0.4, 0.5) is 4.79 Å². The number of hydrogen-bond acceptors (Lipinski definition) is 3. The average molecular weight is 200 g/mol. The summed E-state index contributed by atoms with van der Waals surface area (Å²) in [6.45, 7) is 1.23. The van der Waals surface area contributed by atoms with Crippen molar-refractivity contribution in [1.29, 1.82) is 0 Å². The maximum absolute atomic E-state index is 11.3. The van der Waals surface area contributed by atoms with Gasteiger partial charge in [0.25, 0.3) is 0 Å². The van der Waals surface area contributed by atoms with Crippen molar-refractivity contribution in [3.63, 3.8) is 0 Å². The third kappa shape index (κ3) is 2.61. The van der Waals surface area contributed by atoms with Crippen molar-refractivity contribution in [2.75, 3.05) is 20.2 Å². The Balaban J connectivity index is 2.49. The van der Waals surface area contributed by atoms with E-state index >= 15 is 0 Å². The van der Waals surface area contributed by atoms with Crippen LogP contribution in [0.3, 0.4) is 0 Å². The van der Waals surface area contributed by atoms with Crippen LogP contribution in [0, 0.1) is 0 Å². The van der Waals surface area contributed by atoms with Gasteiger partial charge in [-0.3, -0.25) is 4.79 Å². The van der Waals surface area contributed by atoms with Gasteiger partial charge in [-0.25, -0.2) is 4.79 Å². The molecule has 5 heteroatoms. The average Bonchev–Trinajstić information content (AvgIpc) is 2.25. The van der Waals surface area contributed by atoms with E-state index in [0.29, 0.717) is 13.0 Å². The van der Waals surface area contributed by atoms with E-state index in [2.05, 4.69) is 10.1 Å². The second kappa shape index (κ2) is 5.47. The number of piperidine rings is 1. The number of carbonyl (C=O) groups is 2. The molecule has 0 saturated carbocycles. The molecule has 1 atom stereocenters. The molecule has 2 amide bonds. The Labute approximate surface area is 83.4 Å². The van der Waals surface area contributed by atoms with Crippen molar-refractivity contribution in [2.24, 2.45) is 0 Å². The fourth-order valence-corrected chi connectivity index (χ4v) is 1.75. The minimum atomic E-state index is -0.303. The monoisotopic (exact) mass is 200 g/mol. The van der Waals surface area contributed by atoms with Gasteiger partial charge in [-0.2, -0.15) is 0 Å². The number of amides is 2. The summed E-state index contributed by atoms with van der Waals surface area (Å²) in [4.78, 5) is 23.2. The van der Waals surface area contributed by atoms with E-state index in [-0.39, 0.29) is 12.1 Å². The van der Waals surface area contributed by atoms with Crippen LogP contribution in [0.1, 0.15) is 19.3 Å². The zero-order valence-corrected chi connectivity index (χ0v) is 8.36. The standard InChI is InChI=1S/C9H16N2O3/c1-14-9(13)11-5-3-2-4-8(11)6-10-7-12/h7-8H,2-6H2,1H3,(H,10,12). The van der Waals surface area contributed by atoms with Crippen LogP contribution >= 0.6 is 0 Å². The van der Waals surface area contributed by atoms with Gasteiger partial charge in [-0.05, 0) is 19.3 Å². The molecule has 0 aromatic carbocycles. The summed E-state index contributed by atoms with van der Waals surface area (Å²) in [5.74, 6) is 0. The van der Waals surface area contributed by atoms with Gasteiger partial charge < -0.3 is 15.0 Å². The predicted molar refractivity (Wildman–Crippen MR) is 50.8 cm³/mol. The summed E-state index contributed by atoms with van der Waals surface area (Å²) >= 11 is 0. The van der Waals surface area contributed by atoms with Crippen molar-refractivity contribution in [1.82, 2.24) is 10.2 Å². The predicted octanol–water partition coefficient (Wildman–Crippen LogP) is 0.353. The molecule has 1 heterocycles. The Bertz CT molecular complexity index is 208. The highest BCUT2D eigenvalue weighted by atomic mass is 16.5. The quantitative estimate of drug-likeness (QED) is 0.669. The van der Waals surface area contributed by atoms with E-state index < -0.39 is 0 Å². The lowest BCUT2D eigenvalue weighted by Crippen LogP contribution is -2.48. The largest absolute Gasteiger partial charge is 0.453 e. The molecule has 0 aromatic rings. The van der Waals surface area contributed by atoms with Crippen molar-refractivity contribution < 1.29 is 14.3 Å². The maximum atomic E-state index is 11.3. The van der Waals surface area contributed by atoms with Gasteiger partial charge in [0.05, 0.1) is 13.2 Å². The van der Waals surface area contributed by atoms with Crippen LogP contribution in [-0.2, 0) is 9.53 Å². The molecule has 1 unspecified atom stereocenters. The highest BCUT2D eigenvalue weighted by molar-refractivity contribution is 5.68. The molecule has 0 aromatic heterocycles. The fourth-order valence-electron chi connectivity index (χ4n) is 1.75. The van der Waals surface area contributed by atoms with Gasteiger partial charge in [0.2, 0.25) is 6.41 Å². The normalized spacial score (nSPS) is 21.5. The minimum Gasteiger partial charge on any atom is -0.453 e. The fraction of sp³-hybridized carbons (Fsp3) is 0.778. The molecule has 1 aliphatic heterocycles. The van der Waals surface area contributed by atoms with E-state index in [0.717, 1.165) is 25.8 Å². The topological polar surface area (TPSA) is 58.6 Å². The third-order valence-corrected chi connectivity index (χ3v) is 2.47. The first kappa shape index (κ1) is 10.8. The van der Waals surface area contributed by atoms with E-state index in [1.807, 2.05) is 0 Å². The second-order valence-electron chi connectivity index (χ2n) is 3.34. The smallest absolute Gasteiger partial charge is 0.409 e. The molecule has 5 nitrogen and oxygen atoms in total. The summed E-state index contributed by atoms with van der Waals surface area (Å²) in [5.41, 5.74) is 0. The lowest BCUT2D eigenvalue weighted by molar-refractivity contribution is -0.109. The Morgan fingerprint density at radius 2 is 2.43 bits per heavy atom. The number of likely N-dealkylation sites (tertiary alicyclic amines) is 1. The van der Waals surface area contributed by atoms with Gasteiger partial charge in [0.15, 0.2) is 0 Å². The van der Waals surface area contributed by atoms with Gasteiger partial charge in [0.1, 0.15) is 0 Å². The Hall–Kier alpha value is -1.26. The van der Waals surface area contributed by atoms with Gasteiger partial charge in [-0.15, -0.1) is 0 Å². The lowest BCUT2D eigenvalue weighted by Gasteiger charge is -2.34. The van der Waals surface area contributed by atoms with Crippen LogP contribution in [0.25, 0.3) is 0 Å². The molecule has 1 aliphatic rings. The van der Waals surface area contributed by atoms with Gasteiger partial charge >= 0.3 is 6.09 Å². The number of nitrogens with one attached hydrogen (secondary N) is 1.